The Balaban J connectivity index is 1.79. The fourth-order valence-corrected chi connectivity index (χ4v) is 3.33. The molecule has 26 heavy (non-hydrogen) atoms. The molecule has 8 heteroatoms. The standard InChI is InChI=1S/C18H15ClFN3O2S/c1-10-16(17(24)23-14-9-11(19)3-8-15(14)25-2)26-18(21-10)22-13-6-4-12(20)5-7-13/h3-9H,1-2H3,(H,21,22)(H,23,24). The number of methoxy groups -OCH3 is 1. The topological polar surface area (TPSA) is 63.2 Å². The molecule has 0 saturated heterocycles. The summed E-state index contributed by atoms with van der Waals surface area (Å²) in [5.41, 5.74) is 1.74. The van der Waals surface area contributed by atoms with E-state index in [1.165, 1.54) is 30.6 Å². The lowest BCUT2D eigenvalue weighted by molar-refractivity contribution is 0.102. The van der Waals surface area contributed by atoms with E-state index in [-0.39, 0.29) is 11.7 Å². The predicted octanol–water partition coefficient (Wildman–Crippen LogP) is 5.25. The first-order valence-corrected chi connectivity index (χ1v) is 8.80. The molecule has 3 aromatic rings. The number of carbonyl (C=O) groups is 1. The van der Waals surface area contributed by atoms with Crippen molar-refractivity contribution in [2.75, 3.05) is 17.7 Å². The van der Waals surface area contributed by atoms with E-state index >= 15 is 0 Å². The van der Waals surface area contributed by atoms with Crippen LogP contribution in [-0.4, -0.2) is 18.0 Å². The molecular weight excluding hydrogens is 377 g/mol. The van der Waals surface area contributed by atoms with Crippen LogP contribution in [0, 0.1) is 12.7 Å². The smallest absolute Gasteiger partial charge is 0.267 e. The van der Waals surface area contributed by atoms with Crippen molar-refractivity contribution in [3.63, 3.8) is 0 Å². The van der Waals surface area contributed by atoms with Crippen LogP contribution in [0.4, 0.5) is 20.9 Å². The van der Waals surface area contributed by atoms with Gasteiger partial charge in [0.1, 0.15) is 16.4 Å². The molecule has 0 unspecified atom stereocenters. The van der Waals surface area contributed by atoms with Gasteiger partial charge >= 0.3 is 0 Å². The van der Waals surface area contributed by atoms with Crippen molar-refractivity contribution in [2.45, 2.75) is 6.92 Å². The normalized spacial score (nSPS) is 10.5. The van der Waals surface area contributed by atoms with Gasteiger partial charge in [-0.15, -0.1) is 0 Å². The van der Waals surface area contributed by atoms with Gasteiger partial charge < -0.3 is 15.4 Å². The van der Waals surface area contributed by atoms with E-state index in [9.17, 15) is 9.18 Å². The van der Waals surface area contributed by atoms with Crippen molar-refractivity contribution in [1.29, 1.82) is 0 Å². The van der Waals surface area contributed by atoms with E-state index in [0.29, 0.717) is 37.8 Å². The maximum absolute atomic E-state index is 13.0. The number of aromatic nitrogens is 1. The Bertz CT molecular complexity index is 944. The molecule has 1 aromatic heterocycles. The molecule has 5 nitrogen and oxygen atoms in total. The highest BCUT2D eigenvalue weighted by Crippen LogP contribution is 2.30. The van der Waals surface area contributed by atoms with Gasteiger partial charge in [-0.1, -0.05) is 22.9 Å². The Morgan fingerprint density at radius 3 is 2.65 bits per heavy atom. The molecule has 0 saturated carbocycles. The molecule has 0 fully saturated rings. The third-order valence-corrected chi connectivity index (χ3v) is 4.81. The number of rotatable bonds is 5. The zero-order valence-electron chi connectivity index (χ0n) is 14.0. The summed E-state index contributed by atoms with van der Waals surface area (Å²) in [6.07, 6.45) is 0. The molecule has 0 spiro atoms. The minimum atomic E-state index is -0.318. The molecule has 2 N–H and O–H groups in total. The van der Waals surface area contributed by atoms with Gasteiger partial charge in [0.25, 0.3) is 5.91 Å². The number of anilines is 3. The number of hydrogen-bond acceptors (Lipinski definition) is 5. The summed E-state index contributed by atoms with van der Waals surface area (Å²) >= 11 is 7.19. The van der Waals surface area contributed by atoms with Gasteiger partial charge in [0.2, 0.25) is 0 Å². The molecule has 0 atom stereocenters. The number of carbonyl (C=O) groups excluding carboxylic acids is 1. The number of nitrogens with one attached hydrogen (secondary N) is 2. The van der Waals surface area contributed by atoms with E-state index in [4.69, 9.17) is 16.3 Å². The maximum atomic E-state index is 13.0. The molecule has 0 aliphatic rings. The molecule has 3 rings (SSSR count). The van der Waals surface area contributed by atoms with Crippen LogP contribution in [0.25, 0.3) is 0 Å². The number of nitrogens with zero attached hydrogens (tertiary/aromatic N) is 1. The molecule has 2 aromatic carbocycles. The summed E-state index contributed by atoms with van der Waals surface area (Å²) in [6.45, 7) is 1.75. The second-order valence-corrected chi connectivity index (χ2v) is 6.80. The van der Waals surface area contributed by atoms with Crippen LogP contribution in [0.3, 0.4) is 0 Å². The SMILES string of the molecule is COc1ccc(Cl)cc1NC(=O)c1sc(Nc2ccc(F)cc2)nc1C. The first kappa shape index (κ1) is 18.2. The number of thiazole rings is 1. The van der Waals surface area contributed by atoms with Crippen LogP contribution in [0.2, 0.25) is 5.02 Å². The van der Waals surface area contributed by atoms with Crippen LogP contribution in [0.15, 0.2) is 42.5 Å². The largest absolute Gasteiger partial charge is 0.495 e. The Morgan fingerprint density at radius 2 is 1.96 bits per heavy atom. The van der Waals surface area contributed by atoms with Crippen LogP contribution in [-0.2, 0) is 0 Å². The lowest BCUT2D eigenvalue weighted by Crippen LogP contribution is -2.12. The van der Waals surface area contributed by atoms with Gasteiger partial charge in [-0.05, 0) is 49.4 Å². The summed E-state index contributed by atoms with van der Waals surface area (Å²) in [4.78, 5) is 17.4. The van der Waals surface area contributed by atoms with Crippen LogP contribution >= 0.6 is 22.9 Å². The van der Waals surface area contributed by atoms with Crippen molar-refractivity contribution in [3.8, 4) is 5.75 Å². The van der Waals surface area contributed by atoms with Crippen molar-refractivity contribution >= 4 is 45.4 Å². The lowest BCUT2D eigenvalue weighted by Gasteiger charge is -2.09. The molecule has 0 radical (unpaired) electrons. The van der Waals surface area contributed by atoms with Gasteiger partial charge in [0.15, 0.2) is 5.13 Å². The van der Waals surface area contributed by atoms with Crippen molar-refractivity contribution in [2.24, 2.45) is 0 Å². The number of benzene rings is 2. The Hall–Kier alpha value is -2.64. The van der Waals surface area contributed by atoms with E-state index in [0.717, 1.165) is 0 Å². The first-order chi connectivity index (χ1) is 12.5. The van der Waals surface area contributed by atoms with Crippen LogP contribution in [0.1, 0.15) is 15.4 Å². The van der Waals surface area contributed by atoms with Crippen molar-refractivity contribution < 1.29 is 13.9 Å². The average molecular weight is 392 g/mol. The zero-order valence-corrected chi connectivity index (χ0v) is 15.5. The highest BCUT2D eigenvalue weighted by atomic mass is 35.5. The number of hydrogen-bond donors (Lipinski definition) is 2. The lowest BCUT2D eigenvalue weighted by atomic mass is 10.2. The highest BCUT2D eigenvalue weighted by Gasteiger charge is 2.17. The van der Waals surface area contributed by atoms with Crippen molar-refractivity contribution in [1.82, 2.24) is 4.98 Å². The average Bonchev–Trinajstić information content (AvgIpc) is 2.97. The quantitative estimate of drug-likeness (QED) is 0.623. The van der Waals surface area contributed by atoms with E-state index < -0.39 is 0 Å². The van der Waals surface area contributed by atoms with Gasteiger partial charge in [0.05, 0.1) is 18.5 Å². The van der Waals surface area contributed by atoms with Gasteiger partial charge in [-0.3, -0.25) is 4.79 Å². The molecule has 0 aliphatic carbocycles. The number of ether oxygens (including phenoxy) is 1. The van der Waals surface area contributed by atoms with Gasteiger partial charge in [-0.25, -0.2) is 9.37 Å². The Labute approximate surface area is 158 Å². The molecular formula is C18H15ClFN3O2S. The molecule has 134 valence electrons. The second kappa shape index (κ2) is 7.72. The molecule has 1 amide bonds. The minimum Gasteiger partial charge on any atom is -0.495 e. The van der Waals surface area contributed by atoms with Crippen molar-refractivity contribution in [3.05, 3.63) is 63.9 Å². The predicted molar refractivity (Wildman–Crippen MR) is 102 cm³/mol. The maximum Gasteiger partial charge on any atom is 0.267 e. The van der Waals surface area contributed by atoms with Gasteiger partial charge in [0, 0.05) is 10.7 Å². The first-order valence-electron chi connectivity index (χ1n) is 7.61. The number of aryl methyl sites for hydroxylation is 1. The third kappa shape index (κ3) is 4.12. The molecule has 0 aliphatic heterocycles. The summed E-state index contributed by atoms with van der Waals surface area (Å²) < 4.78 is 18.2. The molecule has 0 bridgehead atoms. The van der Waals surface area contributed by atoms with E-state index in [1.807, 2.05) is 0 Å². The Kier molecular flexibility index (Phi) is 5.39. The monoisotopic (exact) mass is 391 g/mol. The fraction of sp³-hybridized carbons (Fsp3) is 0.111. The fourth-order valence-electron chi connectivity index (χ4n) is 2.27. The van der Waals surface area contributed by atoms with Gasteiger partial charge in [-0.2, -0.15) is 0 Å². The highest BCUT2D eigenvalue weighted by molar-refractivity contribution is 7.17. The van der Waals surface area contributed by atoms with Crippen LogP contribution in [0.5, 0.6) is 5.75 Å². The summed E-state index contributed by atoms with van der Waals surface area (Å²) in [6, 6.07) is 10.9. The minimum absolute atomic E-state index is 0.312. The zero-order chi connectivity index (χ0) is 18.7. The Morgan fingerprint density at radius 1 is 1.23 bits per heavy atom. The summed E-state index contributed by atoms with van der Waals surface area (Å²) in [5, 5.41) is 6.87. The van der Waals surface area contributed by atoms with E-state index in [1.54, 1.807) is 37.3 Å². The van der Waals surface area contributed by atoms with E-state index in [2.05, 4.69) is 15.6 Å². The summed E-state index contributed by atoms with van der Waals surface area (Å²) in [7, 11) is 1.52. The van der Waals surface area contributed by atoms with Crippen LogP contribution < -0.4 is 15.4 Å². The molecule has 1 heterocycles. The third-order valence-electron chi connectivity index (χ3n) is 3.51. The summed E-state index contributed by atoms with van der Waals surface area (Å²) in [5.74, 6) is -0.122. The number of halogens is 2. The number of amides is 1. The second-order valence-electron chi connectivity index (χ2n) is 5.36.